The molecule has 6 heterocycles. The largest absolute Gasteiger partial charge is 0.453 e. The van der Waals surface area contributed by atoms with Gasteiger partial charge in [-0.25, -0.2) is 37.1 Å². The molecule has 3 aliphatic heterocycles. The lowest BCUT2D eigenvalue weighted by Crippen LogP contribution is -2.48. The van der Waals surface area contributed by atoms with Crippen LogP contribution in [0.25, 0.3) is 0 Å². The molecule has 89 heavy (non-hydrogen) atoms. The number of amides is 8. The van der Waals surface area contributed by atoms with Crippen LogP contribution in [0.3, 0.4) is 0 Å². The van der Waals surface area contributed by atoms with Gasteiger partial charge in [0.15, 0.2) is 17.5 Å². The summed E-state index contributed by atoms with van der Waals surface area (Å²) in [5.41, 5.74) is 11.9. The van der Waals surface area contributed by atoms with Gasteiger partial charge in [0.25, 0.3) is 0 Å². The molecule has 24 nitrogen and oxygen atoms in total. The summed E-state index contributed by atoms with van der Waals surface area (Å²) in [5.74, 6) is -1.37. The Balaban J connectivity index is 0.000000226. The highest BCUT2D eigenvalue weighted by molar-refractivity contribution is 6.00. The number of carbonyl (C=O) groups excluding carboxylic acids is 6. The minimum absolute atomic E-state index is 0. The number of carbonyl (C=O) groups is 6. The van der Waals surface area contributed by atoms with Gasteiger partial charge in [-0.1, -0.05) is 36.4 Å². The number of urea groups is 2. The Bertz CT molecular complexity index is 3140. The zero-order chi connectivity index (χ0) is 63.7. The van der Waals surface area contributed by atoms with E-state index in [1.54, 1.807) is 87.6 Å². The summed E-state index contributed by atoms with van der Waals surface area (Å²) in [7, 11) is 4.08. The monoisotopic (exact) mass is 1260 g/mol. The number of anilines is 6. The second-order valence-corrected chi connectivity index (χ2v) is 20.5. The van der Waals surface area contributed by atoms with E-state index in [2.05, 4.69) is 61.0 Å². The van der Waals surface area contributed by atoms with Crippen molar-refractivity contribution in [2.24, 2.45) is 0 Å². The Morgan fingerprint density at radius 2 is 0.742 bits per heavy atom. The fraction of sp³-hybridized carbons (Fsp3) is 0.361. The number of nitrogens with two attached hydrogens (primary N) is 1. The lowest BCUT2D eigenvalue weighted by molar-refractivity contribution is -0.114. The van der Waals surface area contributed by atoms with Gasteiger partial charge in [-0.05, 0) is 75.4 Å². The number of aryl methyl sites for hydroxylation is 3. The highest BCUT2D eigenvalue weighted by Gasteiger charge is 2.26. The van der Waals surface area contributed by atoms with E-state index >= 15 is 0 Å². The van der Waals surface area contributed by atoms with Crippen molar-refractivity contribution in [2.45, 2.75) is 47.3 Å². The van der Waals surface area contributed by atoms with Crippen LogP contribution in [0, 0.1) is 38.2 Å². The van der Waals surface area contributed by atoms with Gasteiger partial charge in [-0.2, -0.15) is 0 Å². The third-order valence-electron chi connectivity index (χ3n) is 13.9. The lowest BCUT2D eigenvalue weighted by Gasteiger charge is -2.33. The number of benzene rings is 3. The minimum Gasteiger partial charge on any atom is -0.453 e. The number of halogens is 4. The molecule has 3 aliphatic rings. The molecule has 28 heteroatoms. The van der Waals surface area contributed by atoms with Gasteiger partial charge in [0, 0.05) is 139 Å². The van der Waals surface area contributed by atoms with Crippen molar-refractivity contribution < 1.29 is 56.1 Å². The number of hydrogen-bond donors (Lipinski definition) is 6. The van der Waals surface area contributed by atoms with E-state index in [4.69, 9.17) is 15.2 Å². The van der Waals surface area contributed by atoms with Crippen molar-refractivity contribution >= 4 is 82.8 Å². The van der Waals surface area contributed by atoms with Crippen molar-refractivity contribution in [2.75, 3.05) is 132 Å². The minimum atomic E-state index is -0.543. The Labute approximate surface area is 521 Å². The third kappa shape index (κ3) is 22.7. The number of piperazine rings is 3. The molecule has 3 aromatic carbocycles. The average molecular weight is 1260 g/mol. The molecule has 7 N–H and O–H groups in total. The zero-order valence-electron chi connectivity index (χ0n) is 50.8. The van der Waals surface area contributed by atoms with Crippen LogP contribution in [-0.4, -0.2) is 180 Å². The molecule has 0 aliphatic carbocycles. The van der Waals surface area contributed by atoms with Crippen LogP contribution in [0.4, 0.5) is 71.3 Å². The van der Waals surface area contributed by atoms with Gasteiger partial charge >= 0.3 is 30.3 Å². The van der Waals surface area contributed by atoms with Crippen LogP contribution in [0.15, 0.2) is 110 Å². The topological polar surface area (TPSA) is 274 Å². The highest BCUT2D eigenvalue weighted by atomic mass is 35.5. The molecule has 8 amide bonds. The van der Waals surface area contributed by atoms with Crippen LogP contribution < -0.4 is 32.3 Å². The van der Waals surface area contributed by atoms with Crippen LogP contribution in [0.2, 0.25) is 0 Å². The summed E-state index contributed by atoms with van der Waals surface area (Å²) in [4.78, 5) is 92.7. The quantitative estimate of drug-likeness (QED) is 0.0521. The summed E-state index contributed by atoms with van der Waals surface area (Å²) < 4.78 is 57.6. The molecule has 0 atom stereocenters. The van der Waals surface area contributed by atoms with Gasteiger partial charge in [-0.3, -0.25) is 34.4 Å². The van der Waals surface area contributed by atoms with Gasteiger partial charge < -0.3 is 61.2 Å². The van der Waals surface area contributed by atoms with Crippen LogP contribution >= 0.6 is 12.4 Å². The molecule has 6 aromatic rings. The molecule has 3 aromatic heterocycles. The van der Waals surface area contributed by atoms with Crippen LogP contribution in [0.1, 0.15) is 40.7 Å². The number of methoxy groups -OCH3 is 3. The molecule has 0 spiro atoms. The molecule has 3 saturated heterocycles. The first-order chi connectivity index (χ1) is 42.2. The summed E-state index contributed by atoms with van der Waals surface area (Å²) in [5, 5.41) is 13.0. The maximum atomic E-state index is 14.9. The first-order valence-corrected chi connectivity index (χ1v) is 28.2. The van der Waals surface area contributed by atoms with Gasteiger partial charge in [0.05, 0.1) is 74.0 Å². The molecule has 0 saturated carbocycles. The molecule has 478 valence electrons. The van der Waals surface area contributed by atoms with Crippen molar-refractivity contribution in [1.82, 2.24) is 44.4 Å². The lowest BCUT2D eigenvalue weighted by atomic mass is 10.1. The van der Waals surface area contributed by atoms with E-state index in [-0.39, 0.29) is 59.5 Å². The molecule has 3 fully saturated rings. The molecule has 0 unspecified atom stereocenters. The molecule has 0 radical (unpaired) electrons. The predicted molar refractivity (Wildman–Crippen MR) is 335 cm³/mol. The van der Waals surface area contributed by atoms with E-state index in [9.17, 15) is 41.9 Å². The first-order valence-electron chi connectivity index (χ1n) is 28.2. The standard InChI is InChI=1S/2C20H24FN5O3.C13H18FN3O2.C8H10N2O.ClH/c2*1-14-6-7-16(12-22-14)23-19(27)24-17-5-3-4-15(18(17)21)13-25-8-10-26(11-9-25)20(28)29-2;1-19-13(18)17-7-5-16(6-8-17)9-10-3-2-4-11(15)12(10)14;1-6-3-4-8(5-9-6)10-7(2)11;/h2*3-7,12H,8-11,13H2,1-2H3,(H2,23,24,27);2-4H,5-9,15H2,1H3;3-5H,1-2H3,(H,10,11);1H. The Morgan fingerprint density at radius 1 is 0.438 bits per heavy atom. The van der Waals surface area contributed by atoms with Crippen LogP contribution in [0.5, 0.6) is 0 Å². The van der Waals surface area contributed by atoms with Crippen LogP contribution in [-0.2, 0) is 38.6 Å². The number of ether oxygens (including phenoxy) is 3. The Kier molecular flexibility index (Phi) is 28.1. The summed E-state index contributed by atoms with van der Waals surface area (Å²) in [6, 6.07) is 24.4. The smallest absolute Gasteiger partial charge is 0.409 e. The van der Waals surface area contributed by atoms with Crippen molar-refractivity contribution in [3.05, 3.63) is 161 Å². The van der Waals surface area contributed by atoms with Crippen molar-refractivity contribution in [3.8, 4) is 0 Å². The van der Waals surface area contributed by atoms with Gasteiger partial charge in [0.1, 0.15) is 0 Å². The number of rotatable bonds is 11. The van der Waals surface area contributed by atoms with Crippen molar-refractivity contribution in [1.29, 1.82) is 0 Å². The van der Waals surface area contributed by atoms with E-state index in [1.807, 2.05) is 32.9 Å². The fourth-order valence-corrected chi connectivity index (χ4v) is 9.09. The summed E-state index contributed by atoms with van der Waals surface area (Å²) in [6.45, 7) is 15.5. The molecule has 0 bridgehead atoms. The second kappa shape index (κ2) is 35.5. The fourth-order valence-electron chi connectivity index (χ4n) is 9.09. The maximum Gasteiger partial charge on any atom is 0.409 e. The number of nitrogens with one attached hydrogen (secondary N) is 5. The van der Waals surface area contributed by atoms with E-state index < -0.39 is 23.7 Å². The second-order valence-electron chi connectivity index (χ2n) is 20.5. The Hall–Kier alpha value is -9.31. The number of aromatic nitrogens is 3. The van der Waals surface area contributed by atoms with Crippen molar-refractivity contribution in [3.63, 3.8) is 0 Å². The van der Waals surface area contributed by atoms with E-state index in [0.717, 1.165) is 22.8 Å². The average Bonchev–Trinajstić information content (AvgIpc) is 3.63. The predicted octanol–water partition coefficient (Wildman–Crippen LogP) is 9.18. The highest BCUT2D eigenvalue weighted by Crippen LogP contribution is 2.24. The Morgan fingerprint density at radius 3 is 1.03 bits per heavy atom. The number of hydrogen-bond acceptors (Lipinski definition) is 16. The third-order valence-corrected chi connectivity index (χ3v) is 13.9. The SMILES string of the molecule is CC(=O)Nc1ccc(C)nc1.COC(=O)N1CCN(Cc2cccc(N)c2F)CC1.COC(=O)N1CCN(Cc2cccc(NC(=O)Nc3ccc(C)nc3)c2F)CC1.COC(=O)N1CCN(Cc2cccc(NC(=O)Nc3ccc(C)nc3)c2F)CC1.Cl. The number of nitrogen functional groups attached to an aromatic ring is 1. The molecular weight excluding hydrogens is 1180 g/mol. The molecular formula is C61H77ClF3N15O9. The number of nitrogens with zero attached hydrogens (tertiary/aromatic N) is 9. The van der Waals surface area contributed by atoms with E-state index in [1.165, 1.54) is 52.8 Å². The zero-order valence-corrected chi connectivity index (χ0v) is 51.6. The first kappa shape index (κ1) is 70.5. The molecule has 9 rings (SSSR count). The summed E-state index contributed by atoms with van der Waals surface area (Å²) in [6.07, 6.45) is 3.70. The van der Waals surface area contributed by atoms with Gasteiger partial charge in [-0.15, -0.1) is 12.4 Å². The number of pyridine rings is 3. The summed E-state index contributed by atoms with van der Waals surface area (Å²) >= 11 is 0. The maximum absolute atomic E-state index is 14.9. The normalized spacial score (nSPS) is 14.0. The van der Waals surface area contributed by atoms with Gasteiger partial charge in [0.2, 0.25) is 5.91 Å². The van der Waals surface area contributed by atoms with E-state index in [0.29, 0.717) is 126 Å².